The average Bonchev–Trinajstić information content (AvgIpc) is 2.80. The topological polar surface area (TPSA) is 82.1 Å². The van der Waals surface area contributed by atoms with Gasteiger partial charge in [-0.3, -0.25) is 4.79 Å². The number of anilines is 1. The lowest BCUT2D eigenvalue weighted by molar-refractivity contribution is 0.0999. The molecule has 0 aliphatic rings. The molecule has 0 heterocycles. The van der Waals surface area contributed by atoms with Crippen LogP contribution in [0.25, 0.3) is 0 Å². The van der Waals surface area contributed by atoms with E-state index in [0.717, 1.165) is 4.31 Å². The second-order valence-electron chi connectivity index (χ2n) is 6.35. The van der Waals surface area contributed by atoms with Crippen molar-refractivity contribution in [3.63, 3.8) is 0 Å². The smallest absolute Gasteiger partial charge is 0.279 e. The molecular formula is C23H23NO6S. The molecule has 8 heteroatoms. The molecule has 7 nitrogen and oxygen atoms in total. The molecule has 0 spiro atoms. The van der Waals surface area contributed by atoms with Crippen LogP contribution in [0, 0.1) is 0 Å². The molecule has 0 bridgehead atoms. The molecule has 0 saturated heterocycles. The summed E-state index contributed by atoms with van der Waals surface area (Å²) in [6.07, 6.45) is 0. The van der Waals surface area contributed by atoms with Gasteiger partial charge in [-0.15, -0.1) is 0 Å². The van der Waals surface area contributed by atoms with Crippen LogP contribution in [-0.4, -0.2) is 35.2 Å². The fourth-order valence-corrected chi connectivity index (χ4v) is 4.49. The van der Waals surface area contributed by atoms with Crippen molar-refractivity contribution >= 4 is 21.6 Å². The molecule has 1 amide bonds. The molecule has 0 fully saturated rings. The van der Waals surface area contributed by atoms with Crippen LogP contribution in [0.3, 0.4) is 0 Å². The lowest BCUT2D eigenvalue weighted by Gasteiger charge is -2.24. The highest BCUT2D eigenvalue weighted by Gasteiger charge is 2.35. The van der Waals surface area contributed by atoms with Crippen LogP contribution < -0.4 is 18.5 Å². The maximum atomic E-state index is 13.7. The molecule has 0 N–H and O–H groups in total. The number of ether oxygens (including phenoxy) is 3. The Balaban J connectivity index is 2.21. The first-order chi connectivity index (χ1) is 14.9. The Hall–Kier alpha value is -3.52. The van der Waals surface area contributed by atoms with E-state index in [2.05, 4.69) is 0 Å². The third-order valence-electron chi connectivity index (χ3n) is 4.49. The largest absolute Gasteiger partial charge is 0.496 e. The Labute approximate surface area is 181 Å². The van der Waals surface area contributed by atoms with Crippen molar-refractivity contribution in [2.75, 3.05) is 25.1 Å². The van der Waals surface area contributed by atoms with Gasteiger partial charge in [0.05, 0.1) is 31.4 Å². The normalized spacial score (nSPS) is 10.9. The third kappa shape index (κ3) is 4.49. The van der Waals surface area contributed by atoms with Crippen molar-refractivity contribution in [1.82, 2.24) is 0 Å². The molecule has 3 rings (SSSR count). The Morgan fingerprint density at radius 1 is 0.839 bits per heavy atom. The van der Waals surface area contributed by atoms with Gasteiger partial charge in [0.25, 0.3) is 15.9 Å². The average molecular weight is 442 g/mol. The summed E-state index contributed by atoms with van der Waals surface area (Å²) in [7, 11) is -1.44. The second kappa shape index (κ2) is 9.53. The summed E-state index contributed by atoms with van der Waals surface area (Å²) in [5.41, 5.74) is 0.158. The summed E-state index contributed by atoms with van der Waals surface area (Å²) < 4.78 is 43.9. The number of sulfonamides is 1. The Bertz CT molecular complexity index is 1120. The molecule has 0 atom stereocenters. The van der Waals surface area contributed by atoms with Crippen molar-refractivity contribution in [3.8, 4) is 17.2 Å². The summed E-state index contributed by atoms with van der Waals surface area (Å²) in [5, 5.41) is 0. The van der Waals surface area contributed by atoms with E-state index in [1.807, 2.05) is 6.92 Å². The number of methoxy groups -OCH3 is 2. The van der Waals surface area contributed by atoms with Gasteiger partial charge in [-0.2, -0.15) is 4.31 Å². The van der Waals surface area contributed by atoms with Crippen LogP contribution in [0.1, 0.15) is 17.3 Å². The van der Waals surface area contributed by atoms with Gasteiger partial charge in [0.2, 0.25) is 0 Å². The lowest BCUT2D eigenvalue weighted by Crippen LogP contribution is -2.37. The van der Waals surface area contributed by atoms with Crippen molar-refractivity contribution in [3.05, 3.63) is 78.4 Å². The van der Waals surface area contributed by atoms with E-state index in [-0.39, 0.29) is 27.6 Å². The van der Waals surface area contributed by atoms with Crippen LogP contribution in [0.4, 0.5) is 5.69 Å². The number of hydrogen-bond donors (Lipinski definition) is 0. The van der Waals surface area contributed by atoms with E-state index >= 15 is 0 Å². The van der Waals surface area contributed by atoms with Gasteiger partial charge in [-0.25, -0.2) is 8.42 Å². The second-order valence-corrected chi connectivity index (χ2v) is 8.14. The first kappa shape index (κ1) is 22.2. The van der Waals surface area contributed by atoms with E-state index in [0.29, 0.717) is 12.4 Å². The quantitative estimate of drug-likeness (QED) is 0.523. The molecule has 0 unspecified atom stereocenters. The molecule has 0 aliphatic carbocycles. The molecule has 3 aromatic rings. The summed E-state index contributed by atoms with van der Waals surface area (Å²) in [6.45, 7) is 2.31. The Kier molecular flexibility index (Phi) is 6.81. The fraction of sp³-hybridized carbons (Fsp3) is 0.174. The number of amides is 1. The van der Waals surface area contributed by atoms with Gasteiger partial charge in [0.15, 0.2) is 0 Å². The van der Waals surface area contributed by atoms with Crippen molar-refractivity contribution in [2.45, 2.75) is 11.8 Å². The van der Waals surface area contributed by atoms with Gasteiger partial charge in [0, 0.05) is 0 Å². The van der Waals surface area contributed by atoms with Crippen molar-refractivity contribution < 1.29 is 27.4 Å². The number of hydrogen-bond acceptors (Lipinski definition) is 6. The standard InChI is InChI=1S/C23H23NO6S/c1-4-30-18-15-13-17(14-16-18)24(31(26,27)19-9-6-5-7-10-19)23(25)22-20(28-2)11-8-12-21(22)29-3/h5-16H,4H2,1-3H3. The number of carbonyl (C=O) groups excluding carboxylic acids is 1. The van der Waals surface area contributed by atoms with E-state index in [4.69, 9.17) is 14.2 Å². The van der Waals surface area contributed by atoms with Gasteiger partial charge in [0.1, 0.15) is 22.8 Å². The van der Waals surface area contributed by atoms with Crippen molar-refractivity contribution in [1.29, 1.82) is 0 Å². The molecule has 0 saturated carbocycles. The monoisotopic (exact) mass is 441 g/mol. The first-order valence-electron chi connectivity index (χ1n) is 9.52. The maximum Gasteiger partial charge on any atom is 0.279 e. The summed E-state index contributed by atoms with van der Waals surface area (Å²) in [6, 6.07) is 18.8. The Morgan fingerprint density at radius 3 is 1.94 bits per heavy atom. The fourth-order valence-electron chi connectivity index (χ4n) is 3.07. The lowest BCUT2D eigenvalue weighted by atomic mass is 10.1. The van der Waals surface area contributed by atoms with Crippen LogP contribution >= 0.6 is 0 Å². The molecular weight excluding hydrogens is 418 g/mol. The predicted molar refractivity (Wildman–Crippen MR) is 118 cm³/mol. The summed E-state index contributed by atoms with van der Waals surface area (Å²) in [5.74, 6) is 0.153. The predicted octanol–water partition coefficient (Wildman–Crippen LogP) is 4.14. The minimum Gasteiger partial charge on any atom is -0.496 e. The van der Waals surface area contributed by atoms with Gasteiger partial charge in [-0.1, -0.05) is 24.3 Å². The molecule has 0 aromatic heterocycles. The van der Waals surface area contributed by atoms with Crippen LogP contribution in [0.5, 0.6) is 17.2 Å². The number of carbonyl (C=O) groups is 1. The molecule has 31 heavy (non-hydrogen) atoms. The number of nitrogens with zero attached hydrogens (tertiary/aromatic N) is 1. The van der Waals surface area contributed by atoms with Gasteiger partial charge < -0.3 is 14.2 Å². The van der Waals surface area contributed by atoms with E-state index in [1.54, 1.807) is 48.5 Å². The number of rotatable bonds is 8. The molecule has 162 valence electrons. The Morgan fingerprint density at radius 2 is 1.42 bits per heavy atom. The van der Waals surface area contributed by atoms with Crippen LogP contribution in [-0.2, 0) is 10.0 Å². The highest BCUT2D eigenvalue weighted by atomic mass is 32.2. The van der Waals surface area contributed by atoms with Crippen LogP contribution in [0.15, 0.2) is 77.7 Å². The molecule has 0 aliphatic heterocycles. The maximum absolute atomic E-state index is 13.7. The zero-order valence-electron chi connectivity index (χ0n) is 17.4. The van der Waals surface area contributed by atoms with E-state index in [1.165, 1.54) is 38.5 Å². The van der Waals surface area contributed by atoms with E-state index in [9.17, 15) is 13.2 Å². The van der Waals surface area contributed by atoms with Gasteiger partial charge >= 0.3 is 0 Å². The highest BCUT2D eigenvalue weighted by molar-refractivity contribution is 7.93. The van der Waals surface area contributed by atoms with Crippen molar-refractivity contribution in [2.24, 2.45) is 0 Å². The molecule has 3 aromatic carbocycles. The zero-order chi connectivity index (χ0) is 22.4. The minimum absolute atomic E-state index is 0.000825. The van der Waals surface area contributed by atoms with Crippen LogP contribution in [0.2, 0.25) is 0 Å². The van der Waals surface area contributed by atoms with Gasteiger partial charge in [-0.05, 0) is 55.5 Å². The minimum atomic E-state index is -4.24. The first-order valence-corrected chi connectivity index (χ1v) is 11.0. The zero-order valence-corrected chi connectivity index (χ0v) is 18.3. The molecule has 0 radical (unpaired) electrons. The number of benzene rings is 3. The highest BCUT2D eigenvalue weighted by Crippen LogP contribution is 2.34. The van der Waals surface area contributed by atoms with E-state index < -0.39 is 15.9 Å². The SMILES string of the molecule is CCOc1ccc(N(C(=O)c2c(OC)cccc2OC)S(=O)(=O)c2ccccc2)cc1. The summed E-state index contributed by atoms with van der Waals surface area (Å²) >= 11 is 0. The summed E-state index contributed by atoms with van der Waals surface area (Å²) in [4.78, 5) is 13.7. The third-order valence-corrected chi connectivity index (χ3v) is 6.22.